The van der Waals surface area contributed by atoms with Gasteiger partial charge in [0.05, 0.1) is 11.7 Å². The Bertz CT molecular complexity index is 851. The summed E-state index contributed by atoms with van der Waals surface area (Å²) in [4.78, 5) is 4.42. The lowest BCUT2D eigenvalue weighted by Gasteiger charge is -2.20. The number of phenolic OH excluding ortho intramolecular Hbond substituents is 1. The van der Waals surface area contributed by atoms with Gasteiger partial charge in [-0.15, -0.1) is 0 Å². The Labute approximate surface area is 155 Å². The molecule has 0 spiro atoms. The van der Waals surface area contributed by atoms with E-state index >= 15 is 0 Å². The van der Waals surface area contributed by atoms with Crippen LogP contribution in [0, 0.1) is 13.8 Å². The molecule has 0 radical (unpaired) electrons. The zero-order chi connectivity index (χ0) is 18.5. The number of nitrogens with one attached hydrogen (secondary N) is 1. The first kappa shape index (κ1) is 18.0. The minimum absolute atomic E-state index is 0.265. The highest BCUT2D eigenvalue weighted by Gasteiger charge is 2.11. The second kappa shape index (κ2) is 8.05. The van der Waals surface area contributed by atoms with Crippen molar-refractivity contribution in [2.45, 2.75) is 39.7 Å². The predicted octanol–water partition coefficient (Wildman–Crippen LogP) is 6.02. The molecule has 134 valence electrons. The highest BCUT2D eigenvalue weighted by atomic mass is 16.3. The third kappa shape index (κ3) is 4.05. The zero-order valence-electron chi connectivity index (χ0n) is 15.7. The van der Waals surface area contributed by atoms with Crippen molar-refractivity contribution in [1.29, 1.82) is 0 Å². The van der Waals surface area contributed by atoms with E-state index in [0.29, 0.717) is 5.75 Å². The lowest BCUT2D eigenvalue weighted by atomic mass is 10.00. The molecular weight excluding hydrogens is 320 g/mol. The topological polar surface area (TPSA) is 45.2 Å². The number of nitrogens with zero attached hydrogens (tertiary/aromatic N) is 1. The number of rotatable bonds is 6. The van der Waals surface area contributed by atoms with Crippen LogP contribution >= 0.6 is 0 Å². The van der Waals surface area contributed by atoms with Gasteiger partial charge >= 0.3 is 0 Å². The monoisotopic (exact) mass is 346 g/mol. The van der Waals surface area contributed by atoms with Crippen LogP contribution in [0.1, 0.15) is 42.5 Å². The largest absolute Gasteiger partial charge is 0.507 e. The average molecular weight is 346 g/mol. The van der Waals surface area contributed by atoms with Crippen LogP contribution in [0.15, 0.2) is 60.9 Å². The molecule has 3 aromatic rings. The number of aryl methyl sites for hydroxylation is 2. The van der Waals surface area contributed by atoms with E-state index in [1.165, 1.54) is 5.56 Å². The number of hydrogen-bond donors (Lipinski definition) is 2. The lowest BCUT2D eigenvalue weighted by molar-refractivity contribution is 0.467. The SMILES string of the molecule is CCCC(Nc1cncc(-c2cc(C)c(O)c(C)c2)c1)c1ccccc1. The molecular formula is C23H26N2O. The van der Waals surface area contributed by atoms with Gasteiger partial charge in [0.15, 0.2) is 0 Å². The van der Waals surface area contributed by atoms with Crippen molar-refractivity contribution in [3.63, 3.8) is 0 Å². The van der Waals surface area contributed by atoms with Crippen LogP contribution in [0.5, 0.6) is 5.75 Å². The van der Waals surface area contributed by atoms with Crippen LogP contribution in [-0.4, -0.2) is 10.1 Å². The molecule has 0 saturated heterocycles. The smallest absolute Gasteiger partial charge is 0.121 e. The van der Waals surface area contributed by atoms with Gasteiger partial charge < -0.3 is 10.4 Å². The highest BCUT2D eigenvalue weighted by Crippen LogP contribution is 2.31. The van der Waals surface area contributed by atoms with Crippen LogP contribution in [-0.2, 0) is 0 Å². The van der Waals surface area contributed by atoms with Crippen LogP contribution in [0.2, 0.25) is 0 Å². The van der Waals surface area contributed by atoms with Gasteiger partial charge in [-0.25, -0.2) is 0 Å². The van der Waals surface area contributed by atoms with Crippen molar-refractivity contribution < 1.29 is 5.11 Å². The molecule has 0 aliphatic rings. The van der Waals surface area contributed by atoms with Gasteiger partial charge in [0.25, 0.3) is 0 Å². The van der Waals surface area contributed by atoms with Crippen molar-refractivity contribution in [3.05, 3.63) is 77.6 Å². The molecule has 1 unspecified atom stereocenters. The molecule has 0 bridgehead atoms. The van der Waals surface area contributed by atoms with E-state index in [-0.39, 0.29) is 6.04 Å². The molecule has 0 aliphatic heterocycles. The number of aromatic hydroxyl groups is 1. The molecule has 2 N–H and O–H groups in total. The Morgan fingerprint density at radius 1 is 0.962 bits per heavy atom. The average Bonchev–Trinajstić information content (AvgIpc) is 2.66. The zero-order valence-corrected chi connectivity index (χ0v) is 15.7. The molecule has 1 aromatic heterocycles. The molecule has 26 heavy (non-hydrogen) atoms. The van der Waals surface area contributed by atoms with E-state index in [9.17, 15) is 5.11 Å². The van der Waals surface area contributed by atoms with E-state index < -0.39 is 0 Å². The molecule has 0 fully saturated rings. The molecule has 1 atom stereocenters. The first-order valence-corrected chi connectivity index (χ1v) is 9.15. The van der Waals surface area contributed by atoms with Gasteiger partial charge in [-0.1, -0.05) is 43.7 Å². The Balaban J connectivity index is 1.89. The number of phenols is 1. The third-order valence-electron chi connectivity index (χ3n) is 4.68. The standard InChI is InChI=1S/C23H26N2O/c1-4-8-22(18-9-6-5-7-10-18)25-21-13-20(14-24-15-21)19-11-16(2)23(26)17(3)12-19/h5-7,9-15,22,25-26H,4,8H2,1-3H3. The summed E-state index contributed by atoms with van der Waals surface area (Å²) < 4.78 is 0. The fraction of sp³-hybridized carbons (Fsp3) is 0.261. The van der Waals surface area contributed by atoms with Gasteiger partial charge in [-0.2, -0.15) is 0 Å². The van der Waals surface area contributed by atoms with Crippen LogP contribution in [0.3, 0.4) is 0 Å². The van der Waals surface area contributed by atoms with Crippen molar-refractivity contribution in [2.24, 2.45) is 0 Å². The Kier molecular flexibility index (Phi) is 5.57. The molecule has 2 aromatic carbocycles. The summed E-state index contributed by atoms with van der Waals surface area (Å²) in [6, 6.07) is 16.9. The van der Waals surface area contributed by atoms with Crippen molar-refractivity contribution in [3.8, 4) is 16.9 Å². The summed E-state index contributed by atoms with van der Waals surface area (Å²) in [7, 11) is 0. The number of benzene rings is 2. The summed E-state index contributed by atoms with van der Waals surface area (Å²) in [5.41, 5.74) is 6.17. The maximum Gasteiger partial charge on any atom is 0.121 e. The first-order valence-electron chi connectivity index (χ1n) is 9.15. The quantitative estimate of drug-likeness (QED) is 0.573. The lowest BCUT2D eigenvalue weighted by Crippen LogP contribution is -2.10. The maximum atomic E-state index is 10.0. The van der Waals surface area contributed by atoms with E-state index in [2.05, 4.69) is 47.6 Å². The fourth-order valence-corrected chi connectivity index (χ4v) is 3.30. The Morgan fingerprint density at radius 3 is 2.31 bits per heavy atom. The van der Waals surface area contributed by atoms with E-state index in [1.807, 2.05) is 44.4 Å². The van der Waals surface area contributed by atoms with Crippen molar-refractivity contribution in [1.82, 2.24) is 4.98 Å². The van der Waals surface area contributed by atoms with Gasteiger partial charge in [0.1, 0.15) is 5.75 Å². The summed E-state index contributed by atoms with van der Waals surface area (Å²) in [6.07, 6.45) is 5.91. The molecule has 1 heterocycles. The second-order valence-corrected chi connectivity index (χ2v) is 6.82. The molecule has 0 saturated carbocycles. The number of aromatic nitrogens is 1. The van der Waals surface area contributed by atoms with Crippen molar-refractivity contribution in [2.75, 3.05) is 5.32 Å². The number of anilines is 1. The van der Waals surface area contributed by atoms with Gasteiger partial charge in [0.2, 0.25) is 0 Å². The number of hydrogen-bond acceptors (Lipinski definition) is 3. The fourth-order valence-electron chi connectivity index (χ4n) is 3.30. The van der Waals surface area contributed by atoms with E-state index in [1.54, 1.807) is 0 Å². The van der Waals surface area contributed by atoms with Gasteiger partial charge in [0, 0.05) is 18.0 Å². The van der Waals surface area contributed by atoms with Crippen LogP contribution in [0.4, 0.5) is 5.69 Å². The molecule has 0 amide bonds. The molecule has 0 aliphatic carbocycles. The molecule has 3 nitrogen and oxygen atoms in total. The summed E-state index contributed by atoms with van der Waals surface area (Å²) >= 11 is 0. The first-order chi connectivity index (χ1) is 12.6. The Hall–Kier alpha value is -2.81. The normalized spacial score (nSPS) is 12.0. The van der Waals surface area contributed by atoms with Gasteiger partial charge in [-0.3, -0.25) is 4.98 Å². The minimum atomic E-state index is 0.265. The molecule has 3 heteroatoms. The van der Waals surface area contributed by atoms with Crippen molar-refractivity contribution >= 4 is 5.69 Å². The third-order valence-corrected chi connectivity index (χ3v) is 4.68. The van der Waals surface area contributed by atoms with E-state index in [4.69, 9.17) is 0 Å². The van der Waals surface area contributed by atoms with Crippen LogP contribution in [0.25, 0.3) is 11.1 Å². The predicted molar refractivity (Wildman–Crippen MR) is 109 cm³/mol. The molecule has 3 rings (SSSR count). The van der Waals surface area contributed by atoms with E-state index in [0.717, 1.165) is 40.8 Å². The van der Waals surface area contributed by atoms with Gasteiger partial charge in [-0.05, 0) is 60.7 Å². The summed E-state index contributed by atoms with van der Waals surface area (Å²) in [6.45, 7) is 6.05. The minimum Gasteiger partial charge on any atom is -0.507 e. The summed E-state index contributed by atoms with van der Waals surface area (Å²) in [5.74, 6) is 0.364. The summed E-state index contributed by atoms with van der Waals surface area (Å²) in [5, 5.41) is 13.6. The second-order valence-electron chi connectivity index (χ2n) is 6.82. The maximum absolute atomic E-state index is 10.0. The number of pyridine rings is 1. The van der Waals surface area contributed by atoms with Crippen LogP contribution < -0.4 is 5.32 Å². The highest BCUT2D eigenvalue weighted by molar-refractivity contribution is 5.69. The Morgan fingerprint density at radius 2 is 1.65 bits per heavy atom.